The molecule has 1 amide bonds. The maximum atomic E-state index is 12.5. The highest BCUT2D eigenvalue weighted by Gasteiger charge is 2.33. The van der Waals surface area contributed by atoms with E-state index in [4.69, 9.17) is 0 Å². The third-order valence-corrected chi connectivity index (χ3v) is 3.18. The zero-order valence-corrected chi connectivity index (χ0v) is 12.1. The molecule has 0 unspecified atom stereocenters. The summed E-state index contributed by atoms with van der Waals surface area (Å²) >= 11 is 0. The van der Waals surface area contributed by atoms with E-state index in [9.17, 15) is 18.0 Å². The van der Waals surface area contributed by atoms with E-state index in [-0.39, 0.29) is 11.3 Å². The molecule has 0 aliphatic carbocycles. The second kappa shape index (κ2) is 6.17. The quantitative estimate of drug-likeness (QED) is 0.942. The van der Waals surface area contributed by atoms with Crippen LogP contribution in [0.3, 0.4) is 0 Å². The normalized spacial score (nSPS) is 11.5. The Morgan fingerprint density at radius 2 is 2.05 bits per heavy atom. The van der Waals surface area contributed by atoms with Gasteiger partial charge in [-0.1, -0.05) is 0 Å². The molecule has 0 saturated carbocycles. The van der Waals surface area contributed by atoms with E-state index in [1.165, 1.54) is 6.92 Å². The molecule has 0 atom stereocenters. The zero-order chi connectivity index (χ0) is 16.3. The summed E-state index contributed by atoms with van der Waals surface area (Å²) in [6, 6.07) is 1.95. The van der Waals surface area contributed by atoms with Crippen molar-refractivity contribution in [1.82, 2.24) is 19.9 Å². The van der Waals surface area contributed by atoms with Crippen LogP contribution in [0.2, 0.25) is 0 Å². The van der Waals surface area contributed by atoms with Crippen LogP contribution in [0.5, 0.6) is 0 Å². The summed E-state index contributed by atoms with van der Waals surface area (Å²) in [5, 5.41) is 2.65. The number of carbonyl (C=O) groups excluding carboxylic acids is 1. The molecule has 2 aromatic rings. The molecule has 2 rings (SSSR count). The number of nitrogens with one attached hydrogen (secondary N) is 1. The minimum absolute atomic E-state index is 0.0473. The van der Waals surface area contributed by atoms with Crippen LogP contribution in [-0.4, -0.2) is 27.0 Å². The van der Waals surface area contributed by atoms with Gasteiger partial charge in [0, 0.05) is 25.5 Å². The Bertz CT molecular complexity index is 679. The molecular weight excluding hydrogens is 297 g/mol. The maximum absolute atomic E-state index is 12.5. The van der Waals surface area contributed by atoms with Gasteiger partial charge in [0.15, 0.2) is 0 Å². The highest BCUT2D eigenvalue weighted by molar-refractivity contribution is 5.95. The van der Waals surface area contributed by atoms with E-state index in [2.05, 4.69) is 15.3 Å². The van der Waals surface area contributed by atoms with Gasteiger partial charge < -0.3 is 9.88 Å². The Hall–Kier alpha value is -2.38. The minimum atomic E-state index is -4.52. The van der Waals surface area contributed by atoms with Gasteiger partial charge in [0.25, 0.3) is 5.91 Å². The number of rotatable bonds is 4. The van der Waals surface area contributed by atoms with Crippen molar-refractivity contribution in [3.8, 4) is 0 Å². The summed E-state index contributed by atoms with van der Waals surface area (Å²) in [6.45, 7) is 4.09. The van der Waals surface area contributed by atoms with Gasteiger partial charge >= 0.3 is 6.18 Å². The van der Waals surface area contributed by atoms with Gasteiger partial charge in [-0.3, -0.25) is 4.79 Å². The minimum Gasteiger partial charge on any atom is -0.350 e. The number of carbonyl (C=O) groups is 1. The number of hydrogen-bond acceptors (Lipinski definition) is 3. The van der Waals surface area contributed by atoms with Crippen molar-refractivity contribution in [2.45, 2.75) is 26.6 Å². The standard InChI is InChI=1S/C14H15F3N4O/c1-9-11(3-4-12(20-9)14(15,16)17)13(22)19-6-8-21-7-5-18-10(21)2/h3-5,7H,6,8H2,1-2H3,(H,19,22). The van der Waals surface area contributed by atoms with Gasteiger partial charge in [0.2, 0.25) is 0 Å². The predicted octanol–water partition coefficient (Wildman–Crippen LogP) is 2.34. The highest BCUT2D eigenvalue weighted by Crippen LogP contribution is 2.28. The van der Waals surface area contributed by atoms with Crippen LogP contribution < -0.4 is 5.32 Å². The largest absolute Gasteiger partial charge is 0.433 e. The van der Waals surface area contributed by atoms with Crippen molar-refractivity contribution in [1.29, 1.82) is 0 Å². The summed E-state index contributed by atoms with van der Waals surface area (Å²) in [5.41, 5.74) is -0.822. The molecule has 8 heteroatoms. The third kappa shape index (κ3) is 3.63. The smallest absolute Gasteiger partial charge is 0.350 e. The molecule has 5 nitrogen and oxygen atoms in total. The average molecular weight is 312 g/mol. The van der Waals surface area contributed by atoms with Gasteiger partial charge in [0.1, 0.15) is 11.5 Å². The molecule has 0 aliphatic rings. The van der Waals surface area contributed by atoms with E-state index >= 15 is 0 Å². The first-order valence-corrected chi connectivity index (χ1v) is 6.60. The van der Waals surface area contributed by atoms with Crippen molar-refractivity contribution in [3.63, 3.8) is 0 Å². The number of amides is 1. The summed E-state index contributed by atoms with van der Waals surface area (Å²) in [4.78, 5) is 19.5. The van der Waals surface area contributed by atoms with Crippen molar-refractivity contribution in [2.24, 2.45) is 0 Å². The lowest BCUT2D eigenvalue weighted by Gasteiger charge is -2.11. The maximum Gasteiger partial charge on any atom is 0.433 e. The van der Waals surface area contributed by atoms with Crippen molar-refractivity contribution < 1.29 is 18.0 Å². The molecule has 0 spiro atoms. The van der Waals surface area contributed by atoms with E-state index in [0.29, 0.717) is 13.1 Å². The van der Waals surface area contributed by atoms with Gasteiger partial charge in [-0.2, -0.15) is 13.2 Å². The summed E-state index contributed by atoms with van der Waals surface area (Å²) in [7, 11) is 0. The SMILES string of the molecule is Cc1nc(C(F)(F)F)ccc1C(=O)NCCn1ccnc1C. The van der Waals surface area contributed by atoms with Crippen LogP contribution in [-0.2, 0) is 12.7 Å². The topological polar surface area (TPSA) is 59.8 Å². The van der Waals surface area contributed by atoms with Crippen LogP contribution in [0.25, 0.3) is 0 Å². The van der Waals surface area contributed by atoms with Gasteiger partial charge in [-0.05, 0) is 26.0 Å². The van der Waals surface area contributed by atoms with Crippen LogP contribution in [0.1, 0.15) is 27.6 Å². The van der Waals surface area contributed by atoms with E-state index in [0.717, 1.165) is 18.0 Å². The number of imidazole rings is 1. The Labute approximate surface area is 125 Å². The van der Waals surface area contributed by atoms with Crippen LogP contribution in [0.4, 0.5) is 13.2 Å². The molecule has 0 aromatic carbocycles. The molecule has 2 heterocycles. The Kier molecular flexibility index (Phi) is 4.48. The number of aryl methyl sites for hydroxylation is 2. The summed E-state index contributed by atoms with van der Waals surface area (Å²) in [5.74, 6) is 0.373. The number of hydrogen-bond donors (Lipinski definition) is 1. The van der Waals surface area contributed by atoms with E-state index < -0.39 is 17.8 Å². The first kappa shape index (κ1) is 16.0. The zero-order valence-electron chi connectivity index (χ0n) is 12.1. The number of alkyl halides is 3. The van der Waals surface area contributed by atoms with Gasteiger partial charge in [-0.15, -0.1) is 0 Å². The molecule has 0 aliphatic heterocycles. The first-order chi connectivity index (χ1) is 10.3. The Balaban J connectivity index is 1.99. The summed E-state index contributed by atoms with van der Waals surface area (Å²) in [6.07, 6.45) is -1.08. The van der Waals surface area contributed by atoms with Crippen molar-refractivity contribution in [3.05, 3.63) is 47.3 Å². The molecule has 1 N–H and O–H groups in total. The van der Waals surface area contributed by atoms with Crippen LogP contribution in [0, 0.1) is 13.8 Å². The fourth-order valence-electron chi connectivity index (χ4n) is 1.98. The number of aromatic nitrogens is 3. The summed E-state index contributed by atoms with van der Waals surface area (Å²) < 4.78 is 39.4. The van der Waals surface area contributed by atoms with Gasteiger partial charge in [0.05, 0.1) is 11.3 Å². The molecule has 2 aromatic heterocycles. The fourth-order valence-corrected chi connectivity index (χ4v) is 1.98. The molecule has 22 heavy (non-hydrogen) atoms. The molecule has 0 radical (unpaired) electrons. The second-order valence-corrected chi connectivity index (χ2v) is 4.75. The van der Waals surface area contributed by atoms with E-state index in [1.54, 1.807) is 12.4 Å². The lowest BCUT2D eigenvalue weighted by Crippen LogP contribution is -2.28. The predicted molar refractivity (Wildman–Crippen MR) is 73.3 cm³/mol. The van der Waals surface area contributed by atoms with Crippen LogP contribution in [0.15, 0.2) is 24.5 Å². The lowest BCUT2D eigenvalue weighted by atomic mass is 10.1. The molecule has 0 bridgehead atoms. The van der Waals surface area contributed by atoms with Crippen molar-refractivity contribution in [2.75, 3.05) is 6.54 Å². The van der Waals surface area contributed by atoms with E-state index in [1.807, 2.05) is 11.5 Å². The molecule has 0 saturated heterocycles. The Morgan fingerprint density at radius 3 is 2.59 bits per heavy atom. The fraction of sp³-hybridized carbons (Fsp3) is 0.357. The lowest BCUT2D eigenvalue weighted by molar-refractivity contribution is -0.141. The molecule has 0 fully saturated rings. The highest BCUT2D eigenvalue weighted by atomic mass is 19.4. The first-order valence-electron chi connectivity index (χ1n) is 6.60. The second-order valence-electron chi connectivity index (χ2n) is 4.75. The third-order valence-electron chi connectivity index (χ3n) is 3.18. The Morgan fingerprint density at radius 1 is 1.32 bits per heavy atom. The number of pyridine rings is 1. The molecule has 118 valence electrons. The number of nitrogens with zero attached hydrogens (tertiary/aromatic N) is 3. The van der Waals surface area contributed by atoms with Crippen LogP contribution >= 0.6 is 0 Å². The molecular formula is C14H15F3N4O. The van der Waals surface area contributed by atoms with Gasteiger partial charge in [-0.25, -0.2) is 9.97 Å². The average Bonchev–Trinajstić information content (AvgIpc) is 2.83. The number of halogens is 3. The van der Waals surface area contributed by atoms with Crippen molar-refractivity contribution >= 4 is 5.91 Å². The monoisotopic (exact) mass is 312 g/mol.